The van der Waals surface area contributed by atoms with Crippen LogP contribution in [0.4, 0.5) is 0 Å². The summed E-state index contributed by atoms with van der Waals surface area (Å²) < 4.78 is 12.4. The van der Waals surface area contributed by atoms with Crippen LogP contribution in [0, 0.1) is 0 Å². The molecule has 0 bridgehead atoms. The summed E-state index contributed by atoms with van der Waals surface area (Å²) in [6, 6.07) is 9.55. The number of benzene rings is 1. The van der Waals surface area contributed by atoms with E-state index in [1.165, 1.54) is 6.39 Å². The van der Waals surface area contributed by atoms with Crippen molar-refractivity contribution in [2.45, 2.75) is 19.6 Å². The zero-order valence-corrected chi connectivity index (χ0v) is 10.9. The molecule has 0 radical (unpaired) electrons. The standard InChI is InChI=1S/C13H13N5O2/c1-10(20-12-5-3-2-4-6-12)13-15-16-17-18(13)7-11-8-19-9-14-11/h2-6,8-10H,7H2,1H3. The molecule has 7 nitrogen and oxygen atoms in total. The predicted molar refractivity (Wildman–Crippen MR) is 68.9 cm³/mol. The van der Waals surface area contributed by atoms with Crippen LogP contribution in [-0.2, 0) is 6.54 Å². The van der Waals surface area contributed by atoms with Gasteiger partial charge in [-0.2, -0.15) is 0 Å². The summed E-state index contributed by atoms with van der Waals surface area (Å²) in [6.45, 7) is 2.35. The van der Waals surface area contributed by atoms with Crippen molar-refractivity contribution in [1.29, 1.82) is 0 Å². The Morgan fingerprint density at radius 2 is 2.15 bits per heavy atom. The molecule has 102 valence electrons. The Bertz CT molecular complexity index is 650. The maximum Gasteiger partial charge on any atom is 0.192 e. The molecule has 1 unspecified atom stereocenters. The van der Waals surface area contributed by atoms with E-state index >= 15 is 0 Å². The smallest absolute Gasteiger partial charge is 0.192 e. The molecular weight excluding hydrogens is 258 g/mol. The fraction of sp³-hybridized carbons (Fsp3) is 0.231. The van der Waals surface area contributed by atoms with Crippen molar-refractivity contribution in [3.8, 4) is 5.75 Å². The van der Waals surface area contributed by atoms with E-state index in [0.29, 0.717) is 12.4 Å². The van der Waals surface area contributed by atoms with Crippen molar-refractivity contribution in [3.05, 3.63) is 54.5 Å². The van der Waals surface area contributed by atoms with Gasteiger partial charge in [0, 0.05) is 0 Å². The second kappa shape index (κ2) is 5.52. The zero-order valence-electron chi connectivity index (χ0n) is 10.9. The number of oxazole rings is 1. The zero-order chi connectivity index (χ0) is 13.8. The second-order valence-corrected chi connectivity index (χ2v) is 4.25. The monoisotopic (exact) mass is 271 g/mol. The molecule has 0 fully saturated rings. The Hall–Kier alpha value is -2.70. The lowest BCUT2D eigenvalue weighted by Gasteiger charge is -2.13. The minimum atomic E-state index is -0.265. The van der Waals surface area contributed by atoms with Crippen LogP contribution in [-0.4, -0.2) is 25.2 Å². The Morgan fingerprint density at radius 1 is 1.30 bits per heavy atom. The first-order chi connectivity index (χ1) is 9.83. The number of rotatable bonds is 5. The number of para-hydroxylation sites is 1. The van der Waals surface area contributed by atoms with Gasteiger partial charge < -0.3 is 9.15 Å². The first-order valence-electron chi connectivity index (χ1n) is 6.18. The molecule has 1 aromatic carbocycles. The van der Waals surface area contributed by atoms with Crippen LogP contribution in [0.15, 0.2) is 47.4 Å². The molecule has 3 aromatic rings. The first-order valence-corrected chi connectivity index (χ1v) is 6.18. The van der Waals surface area contributed by atoms with Crippen LogP contribution in [0.5, 0.6) is 5.75 Å². The van der Waals surface area contributed by atoms with Crippen LogP contribution in [0.25, 0.3) is 0 Å². The highest BCUT2D eigenvalue weighted by atomic mass is 16.5. The van der Waals surface area contributed by atoms with Crippen LogP contribution >= 0.6 is 0 Å². The molecule has 0 amide bonds. The third kappa shape index (κ3) is 2.66. The van der Waals surface area contributed by atoms with Gasteiger partial charge in [0.1, 0.15) is 17.7 Å². The topological polar surface area (TPSA) is 78.9 Å². The average Bonchev–Trinajstić information content (AvgIpc) is 3.12. The molecule has 0 aliphatic rings. The van der Waals surface area contributed by atoms with Crippen molar-refractivity contribution in [2.75, 3.05) is 0 Å². The van der Waals surface area contributed by atoms with E-state index < -0.39 is 0 Å². The van der Waals surface area contributed by atoms with Gasteiger partial charge in [-0.25, -0.2) is 9.67 Å². The van der Waals surface area contributed by atoms with E-state index in [1.807, 2.05) is 37.3 Å². The second-order valence-electron chi connectivity index (χ2n) is 4.25. The third-order valence-electron chi connectivity index (χ3n) is 2.77. The maximum atomic E-state index is 5.81. The number of nitrogens with zero attached hydrogens (tertiary/aromatic N) is 5. The quantitative estimate of drug-likeness (QED) is 0.704. The van der Waals surface area contributed by atoms with Gasteiger partial charge in [-0.3, -0.25) is 0 Å². The first kappa shape index (κ1) is 12.3. The third-order valence-corrected chi connectivity index (χ3v) is 2.77. The Balaban J connectivity index is 1.75. The van der Waals surface area contributed by atoms with Gasteiger partial charge >= 0.3 is 0 Å². The lowest BCUT2D eigenvalue weighted by Crippen LogP contribution is -2.13. The molecule has 2 heterocycles. The molecule has 1 atom stereocenters. The summed E-state index contributed by atoms with van der Waals surface area (Å²) in [5.41, 5.74) is 0.755. The van der Waals surface area contributed by atoms with Gasteiger partial charge in [0.2, 0.25) is 0 Å². The molecule has 0 saturated heterocycles. The largest absolute Gasteiger partial charge is 0.483 e. The van der Waals surface area contributed by atoms with Gasteiger partial charge in [-0.15, -0.1) is 5.10 Å². The van der Waals surface area contributed by atoms with Crippen molar-refractivity contribution in [2.24, 2.45) is 0 Å². The summed E-state index contributed by atoms with van der Waals surface area (Å²) in [5, 5.41) is 11.6. The Morgan fingerprint density at radius 3 is 2.90 bits per heavy atom. The van der Waals surface area contributed by atoms with Crippen molar-refractivity contribution in [1.82, 2.24) is 25.2 Å². The van der Waals surface area contributed by atoms with E-state index in [1.54, 1.807) is 10.9 Å². The van der Waals surface area contributed by atoms with Gasteiger partial charge in [-0.05, 0) is 29.5 Å². The predicted octanol–water partition coefficient (Wildman–Crippen LogP) is 1.85. The average molecular weight is 271 g/mol. The normalized spacial score (nSPS) is 12.2. The maximum absolute atomic E-state index is 5.81. The lowest BCUT2D eigenvalue weighted by molar-refractivity contribution is 0.209. The number of aromatic nitrogens is 5. The number of tetrazole rings is 1. The summed E-state index contributed by atoms with van der Waals surface area (Å²) >= 11 is 0. The molecule has 0 N–H and O–H groups in total. The molecule has 0 aliphatic heterocycles. The molecule has 0 aliphatic carbocycles. The molecule has 2 aromatic heterocycles. The minimum Gasteiger partial charge on any atom is -0.483 e. The minimum absolute atomic E-state index is 0.265. The van der Waals surface area contributed by atoms with E-state index in [-0.39, 0.29) is 6.10 Å². The van der Waals surface area contributed by atoms with Crippen LogP contribution < -0.4 is 4.74 Å². The number of hydrogen-bond donors (Lipinski definition) is 0. The fourth-order valence-corrected chi connectivity index (χ4v) is 1.84. The van der Waals surface area contributed by atoms with E-state index in [0.717, 1.165) is 11.4 Å². The van der Waals surface area contributed by atoms with Crippen molar-refractivity contribution < 1.29 is 9.15 Å². The van der Waals surface area contributed by atoms with Crippen LogP contribution in [0.2, 0.25) is 0 Å². The van der Waals surface area contributed by atoms with Gasteiger partial charge in [0.25, 0.3) is 0 Å². The van der Waals surface area contributed by atoms with E-state index in [4.69, 9.17) is 9.15 Å². The molecule has 20 heavy (non-hydrogen) atoms. The fourth-order valence-electron chi connectivity index (χ4n) is 1.84. The van der Waals surface area contributed by atoms with E-state index in [9.17, 15) is 0 Å². The van der Waals surface area contributed by atoms with Crippen molar-refractivity contribution >= 4 is 0 Å². The van der Waals surface area contributed by atoms with Crippen LogP contribution in [0.1, 0.15) is 24.5 Å². The molecule has 0 spiro atoms. The summed E-state index contributed by atoms with van der Waals surface area (Å²) in [7, 11) is 0. The van der Waals surface area contributed by atoms with Gasteiger partial charge in [0.05, 0.1) is 6.54 Å². The van der Waals surface area contributed by atoms with Crippen molar-refractivity contribution in [3.63, 3.8) is 0 Å². The van der Waals surface area contributed by atoms with Gasteiger partial charge in [-0.1, -0.05) is 18.2 Å². The number of ether oxygens (including phenoxy) is 1. The molecule has 3 rings (SSSR count). The highest BCUT2D eigenvalue weighted by Gasteiger charge is 2.17. The molecular formula is C13H13N5O2. The van der Waals surface area contributed by atoms with Crippen LogP contribution in [0.3, 0.4) is 0 Å². The summed E-state index contributed by atoms with van der Waals surface area (Å²) in [4.78, 5) is 4.05. The lowest BCUT2D eigenvalue weighted by atomic mass is 10.3. The van der Waals surface area contributed by atoms with Gasteiger partial charge in [0.15, 0.2) is 18.3 Å². The molecule has 0 saturated carbocycles. The highest BCUT2D eigenvalue weighted by Crippen LogP contribution is 2.19. The summed E-state index contributed by atoms with van der Waals surface area (Å²) in [5.74, 6) is 1.41. The Labute approximate surface area is 115 Å². The highest BCUT2D eigenvalue weighted by molar-refractivity contribution is 5.21. The number of hydrogen-bond acceptors (Lipinski definition) is 6. The molecule has 7 heteroatoms. The van der Waals surface area contributed by atoms with E-state index in [2.05, 4.69) is 20.5 Å². The SMILES string of the molecule is CC(Oc1ccccc1)c1nnnn1Cc1cocn1. The Kier molecular flexibility index (Phi) is 3.40. The summed E-state index contributed by atoms with van der Waals surface area (Å²) in [6.07, 6.45) is 2.68.